The molecule has 6 heteroatoms. The van der Waals surface area contributed by atoms with E-state index in [1.54, 1.807) is 12.1 Å². The lowest BCUT2D eigenvalue weighted by atomic mass is 9.92. The summed E-state index contributed by atoms with van der Waals surface area (Å²) >= 11 is 13.8. The average Bonchev–Trinajstić information content (AvgIpc) is 2.48. The Morgan fingerprint density at radius 1 is 1.18 bits per heavy atom. The normalized spacial score (nSPS) is 14.6. The molecule has 0 saturated heterocycles. The smallest absolute Gasteiger partial charge is 0.260 e. The Morgan fingerprint density at radius 2 is 1.91 bits per heavy atom. The minimum Gasteiger partial charge on any atom is -0.365 e. The lowest BCUT2D eigenvalue weighted by Gasteiger charge is -2.23. The number of hydrogen-bond acceptors (Lipinski definition) is 3. The van der Waals surface area contributed by atoms with Crippen LogP contribution in [0.1, 0.15) is 11.1 Å². The number of halogens is 2. The van der Waals surface area contributed by atoms with Crippen LogP contribution in [0.2, 0.25) is 10.0 Å². The Kier molecular flexibility index (Phi) is 3.88. The highest BCUT2D eigenvalue weighted by molar-refractivity contribution is 7.99. The molecule has 2 aromatic rings. The van der Waals surface area contributed by atoms with Gasteiger partial charge in [0, 0.05) is 26.0 Å². The maximum Gasteiger partial charge on any atom is 0.260 e. The number of hydrogen-bond donors (Lipinski definition) is 1. The van der Waals surface area contributed by atoms with Crippen molar-refractivity contribution >= 4 is 46.4 Å². The van der Waals surface area contributed by atoms with Crippen molar-refractivity contribution < 1.29 is 4.79 Å². The molecule has 2 N–H and O–H groups in total. The third kappa shape index (κ3) is 2.38. The van der Waals surface area contributed by atoms with Crippen molar-refractivity contribution in [1.82, 2.24) is 0 Å². The van der Waals surface area contributed by atoms with E-state index in [0.29, 0.717) is 21.2 Å². The van der Waals surface area contributed by atoms with Gasteiger partial charge in [0.05, 0.1) is 5.02 Å². The van der Waals surface area contributed by atoms with Gasteiger partial charge < -0.3 is 5.73 Å². The van der Waals surface area contributed by atoms with Gasteiger partial charge in [0.25, 0.3) is 5.91 Å². The number of nitrogens with zero attached hydrogens (tertiary/aromatic N) is 1. The van der Waals surface area contributed by atoms with Crippen LogP contribution in [0.5, 0.6) is 0 Å². The van der Waals surface area contributed by atoms with Crippen LogP contribution in [-0.4, -0.2) is 5.91 Å². The highest BCUT2D eigenvalue weighted by atomic mass is 35.5. The lowest BCUT2D eigenvalue weighted by molar-refractivity contribution is -0.114. The minimum atomic E-state index is -0.777. The molecule has 3 nitrogen and oxygen atoms in total. The second-order valence-electron chi connectivity index (χ2n) is 4.59. The lowest BCUT2D eigenvalue weighted by Crippen LogP contribution is -2.16. The number of amides is 1. The average molecular weight is 347 g/mol. The molecule has 0 bridgehead atoms. The Labute approximate surface area is 141 Å². The maximum atomic E-state index is 11.7. The number of carbonyl (C=O) groups is 1. The van der Waals surface area contributed by atoms with Crippen molar-refractivity contribution in [2.24, 2.45) is 5.73 Å². The second kappa shape index (κ2) is 5.69. The standard InChI is InChI=1S/C16H8Cl2N2OS/c17-8-5-10-14(11(7-19)16(20)21)9-3-1-2-4-13(9)22-15(10)12(18)6-8/h1-6H,(H2,20,21)/b14-11+. The van der Waals surface area contributed by atoms with Crippen molar-refractivity contribution in [3.8, 4) is 6.07 Å². The molecule has 108 valence electrons. The highest BCUT2D eigenvalue weighted by Gasteiger charge is 2.27. The number of nitrogens with two attached hydrogens (primary N) is 1. The Balaban J connectivity index is 2.45. The number of benzene rings is 2. The fraction of sp³-hybridized carbons (Fsp3) is 0. The first-order valence-electron chi connectivity index (χ1n) is 6.23. The third-order valence-corrected chi connectivity index (χ3v) is 5.10. The molecule has 0 fully saturated rings. The van der Waals surface area contributed by atoms with Crippen LogP contribution in [0.25, 0.3) is 5.57 Å². The van der Waals surface area contributed by atoms with E-state index in [9.17, 15) is 10.1 Å². The van der Waals surface area contributed by atoms with Gasteiger partial charge in [0.15, 0.2) is 0 Å². The molecule has 0 spiro atoms. The van der Waals surface area contributed by atoms with Crippen LogP contribution < -0.4 is 5.73 Å². The first-order chi connectivity index (χ1) is 10.5. The summed E-state index contributed by atoms with van der Waals surface area (Å²) < 4.78 is 0. The summed E-state index contributed by atoms with van der Waals surface area (Å²) in [5.74, 6) is -0.777. The van der Waals surface area contributed by atoms with Gasteiger partial charge in [-0.25, -0.2) is 0 Å². The molecule has 0 unspecified atom stereocenters. The Morgan fingerprint density at radius 3 is 2.59 bits per heavy atom. The van der Waals surface area contributed by atoms with Gasteiger partial charge in [-0.1, -0.05) is 53.2 Å². The molecular formula is C16H8Cl2N2OS. The molecule has 0 atom stereocenters. The molecule has 0 aromatic heterocycles. The molecule has 2 aromatic carbocycles. The van der Waals surface area contributed by atoms with Crippen molar-refractivity contribution in [1.29, 1.82) is 5.26 Å². The quantitative estimate of drug-likeness (QED) is 0.528. The van der Waals surface area contributed by atoms with Crippen LogP contribution in [0, 0.1) is 11.3 Å². The van der Waals surface area contributed by atoms with E-state index in [2.05, 4.69) is 0 Å². The Hall–Kier alpha value is -1.93. The number of primary amides is 1. The zero-order valence-corrected chi connectivity index (χ0v) is 13.4. The van der Waals surface area contributed by atoms with Crippen LogP contribution >= 0.6 is 35.0 Å². The van der Waals surface area contributed by atoms with E-state index >= 15 is 0 Å². The fourth-order valence-electron chi connectivity index (χ4n) is 2.37. The number of carbonyl (C=O) groups excluding carboxylic acids is 1. The molecule has 1 aliphatic rings. The first kappa shape index (κ1) is 15.0. The number of nitriles is 1. The van der Waals surface area contributed by atoms with E-state index in [0.717, 1.165) is 15.4 Å². The summed E-state index contributed by atoms with van der Waals surface area (Å²) in [6, 6.07) is 12.7. The SMILES string of the molecule is N#C/C(C(N)=O)=C1/c2ccccc2Sc2c(Cl)cc(Cl)cc21. The van der Waals surface area contributed by atoms with Crippen LogP contribution in [-0.2, 0) is 4.79 Å². The van der Waals surface area contributed by atoms with Gasteiger partial charge in [0.2, 0.25) is 0 Å². The number of rotatable bonds is 1. The predicted molar refractivity (Wildman–Crippen MR) is 87.9 cm³/mol. The molecule has 1 amide bonds. The summed E-state index contributed by atoms with van der Waals surface area (Å²) in [6.45, 7) is 0. The zero-order valence-electron chi connectivity index (χ0n) is 11.1. The third-order valence-electron chi connectivity index (χ3n) is 3.25. The first-order valence-corrected chi connectivity index (χ1v) is 7.81. The molecule has 0 aliphatic carbocycles. The van der Waals surface area contributed by atoms with Crippen molar-refractivity contribution in [3.63, 3.8) is 0 Å². The van der Waals surface area contributed by atoms with Gasteiger partial charge in [-0.05, 0) is 23.8 Å². The molecule has 0 radical (unpaired) electrons. The summed E-state index contributed by atoms with van der Waals surface area (Å²) in [7, 11) is 0. The fourth-order valence-corrected chi connectivity index (χ4v) is 4.05. The zero-order chi connectivity index (χ0) is 15.9. The number of fused-ring (bicyclic) bond motifs is 2. The van der Waals surface area contributed by atoms with Crippen molar-refractivity contribution in [2.75, 3.05) is 0 Å². The van der Waals surface area contributed by atoms with Crippen LogP contribution in [0.15, 0.2) is 51.8 Å². The van der Waals surface area contributed by atoms with Gasteiger partial charge >= 0.3 is 0 Å². The van der Waals surface area contributed by atoms with Gasteiger partial charge in [-0.15, -0.1) is 0 Å². The van der Waals surface area contributed by atoms with E-state index in [-0.39, 0.29) is 5.57 Å². The van der Waals surface area contributed by atoms with E-state index in [1.807, 2.05) is 30.3 Å². The Bertz CT molecular complexity index is 884. The summed E-state index contributed by atoms with van der Waals surface area (Å²) in [4.78, 5) is 13.4. The molecule has 1 aliphatic heterocycles. The van der Waals surface area contributed by atoms with Gasteiger partial charge in [-0.3, -0.25) is 4.79 Å². The predicted octanol–water partition coefficient (Wildman–Crippen LogP) is 4.27. The van der Waals surface area contributed by atoms with Crippen LogP contribution in [0.3, 0.4) is 0 Å². The molecule has 0 saturated carbocycles. The topological polar surface area (TPSA) is 66.9 Å². The van der Waals surface area contributed by atoms with Crippen molar-refractivity contribution in [3.05, 3.63) is 63.1 Å². The van der Waals surface area contributed by atoms with Gasteiger partial charge in [0.1, 0.15) is 11.6 Å². The van der Waals surface area contributed by atoms with Crippen molar-refractivity contribution in [2.45, 2.75) is 9.79 Å². The van der Waals surface area contributed by atoms with E-state index < -0.39 is 5.91 Å². The minimum absolute atomic E-state index is 0.104. The maximum absolute atomic E-state index is 11.7. The van der Waals surface area contributed by atoms with Gasteiger partial charge in [-0.2, -0.15) is 5.26 Å². The molecule has 3 rings (SSSR count). The van der Waals surface area contributed by atoms with E-state index in [1.165, 1.54) is 11.8 Å². The van der Waals surface area contributed by atoms with Crippen LogP contribution in [0.4, 0.5) is 0 Å². The summed E-state index contributed by atoms with van der Waals surface area (Å²) in [6.07, 6.45) is 0. The van der Waals surface area contributed by atoms with E-state index in [4.69, 9.17) is 28.9 Å². The monoisotopic (exact) mass is 346 g/mol. The second-order valence-corrected chi connectivity index (χ2v) is 6.48. The highest BCUT2D eigenvalue weighted by Crippen LogP contribution is 2.49. The molecule has 22 heavy (non-hydrogen) atoms. The molecular weight excluding hydrogens is 339 g/mol. The largest absolute Gasteiger partial charge is 0.365 e. The summed E-state index contributed by atoms with van der Waals surface area (Å²) in [5, 5.41) is 10.3. The summed E-state index contributed by atoms with van der Waals surface area (Å²) in [5.41, 5.74) is 7.17. The molecule has 1 heterocycles.